The Morgan fingerprint density at radius 2 is 2.06 bits per heavy atom. The van der Waals surface area contributed by atoms with Crippen LogP contribution in [0.1, 0.15) is 33.6 Å². The highest BCUT2D eigenvalue weighted by Gasteiger charge is 2.36. The minimum atomic E-state index is 0.456. The summed E-state index contributed by atoms with van der Waals surface area (Å²) in [6.07, 6.45) is 6.31. The third-order valence-electron chi connectivity index (χ3n) is 3.95. The second kappa shape index (κ2) is 4.79. The van der Waals surface area contributed by atoms with Crippen LogP contribution in [0.3, 0.4) is 0 Å². The summed E-state index contributed by atoms with van der Waals surface area (Å²) in [5.41, 5.74) is 2.82. The molecule has 0 radical (unpaired) electrons. The Labute approximate surface area is 111 Å². The molecule has 2 unspecified atom stereocenters. The molecule has 1 saturated carbocycles. The zero-order valence-electron chi connectivity index (χ0n) is 12.2. The number of hydrogen-bond donors (Lipinski definition) is 1. The van der Waals surface area contributed by atoms with Gasteiger partial charge < -0.3 is 10.2 Å². The molecule has 1 fully saturated rings. The Balaban J connectivity index is 2.15. The highest BCUT2D eigenvalue weighted by atomic mass is 15.1. The molecule has 2 atom stereocenters. The van der Waals surface area contributed by atoms with Crippen molar-refractivity contribution in [3.05, 3.63) is 18.5 Å². The van der Waals surface area contributed by atoms with E-state index in [1.54, 1.807) is 0 Å². The molecule has 0 amide bonds. The van der Waals surface area contributed by atoms with E-state index < -0.39 is 0 Å². The van der Waals surface area contributed by atoms with Gasteiger partial charge in [-0.1, -0.05) is 20.8 Å². The molecule has 0 bridgehead atoms. The van der Waals surface area contributed by atoms with Gasteiger partial charge in [0.1, 0.15) is 0 Å². The Hall–Kier alpha value is -1.25. The van der Waals surface area contributed by atoms with Crippen molar-refractivity contribution >= 4 is 11.4 Å². The van der Waals surface area contributed by atoms with Crippen molar-refractivity contribution in [2.45, 2.75) is 39.7 Å². The lowest BCUT2D eigenvalue weighted by molar-refractivity contribution is 0.366. The molecule has 0 saturated heterocycles. The molecule has 18 heavy (non-hydrogen) atoms. The molecule has 0 aliphatic heterocycles. The fourth-order valence-electron chi connectivity index (χ4n) is 3.18. The van der Waals surface area contributed by atoms with Crippen LogP contribution in [-0.2, 0) is 0 Å². The molecule has 3 nitrogen and oxygen atoms in total. The van der Waals surface area contributed by atoms with Gasteiger partial charge in [-0.2, -0.15) is 0 Å². The average molecular weight is 247 g/mol. The summed E-state index contributed by atoms with van der Waals surface area (Å²) in [6.45, 7) is 7.07. The van der Waals surface area contributed by atoms with Crippen molar-refractivity contribution in [3.8, 4) is 0 Å². The second-order valence-corrected chi connectivity index (χ2v) is 6.59. The maximum Gasteiger partial charge on any atom is 0.0766 e. The summed E-state index contributed by atoms with van der Waals surface area (Å²) in [5.74, 6) is 0.718. The number of anilines is 2. The minimum absolute atomic E-state index is 0.456. The van der Waals surface area contributed by atoms with Gasteiger partial charge in [0.15, 0.2) is 0 Å². The molecule has 3 heteroatoms. The van der Waals surface area contributed by atoms with Crippen molar-refractivity contribution in [1.29, 1.82) is 0 Å². The van der Waals surface area contributed by atoms with Crippen LogP contribution in [0.25, 0.3) is 0 Å². The molecule has 0 spiro atoms. The summed E-state index contributed by atoms with van der Waals surface area (Å²) in [6, 6.07) is 2.62. The van der Waals surface area contributed by atoms with Gasteiger partial charge >= 0.3 is 0 Å². The van der Waals surface area contributed by atoms with E-state index in [1.807, 2.05) is 12.4 Å². The number of aromatic nitrogens is 1. The largest absolute Gasteiger partial charge is 0.379 e. The molecular formula is C15H25N3. The van der Waals surface area contributed by atoms with Crippen LogP contribution in [0.4, 0.5) is 11.4 Å². The van der Waals surface area contributed by atoms with Gasteiger partial charge in [0, 0.05) is 26.3 Å². The van der Waals surface area contributed by atoms with E-state index in [4.69, 9.17) is 0 Å². The molecule has 100 valence electrons. The summed E-state index contributed by atoms with van der Waals surface area (Å²) in [7, 11) is 4.14. The van der Waals surface area contributed by atoms with Crippen LogP contribution in [0, 0.1) is 11.3 Å². The van der Waals surface area contributed by atoms with Crippen molar-refractivity contribution in [2.24, 2.45) is 11.3 Å². The van der Waals surface area contributed by atoms with Crippen molar-refractivity contribution in [2.75, 3.05) is 24.3 Å². The van der Waals surface area contributed by atoms with Crippen molar-refractivity contribution in [1.82, 2.24) is 4.98 Å². The Kier molecular flexibility index (Phi) is 3.51. The maximum atomic E-state index is 4.24. The van der Waals surface area contributed by atoms with Gasteiger partial charge in [-0.25, -0.2) is 0 Å². The first-order chi connectivity index (χ1) is 8.39. The number of rotatable bonds is 3. The quantitative estimate of drug-likeness (QED) is 0.887. The number of hydrogen-bond acceptors (Lipinski definition) is 3. The lowest BCUT2D eigenvalue weighted by atomic mass is 9.91. The lowest BCUT2D eigenvalue weighted by Crippen LogP contribution is -2.24. The highest BCUT2D eigenvalue weighted by Crippen LogP contribution is 2.42. The van der Waals surface area contributed by atoms with Crippen LogP contribution in [0.2, 0.25) is 0 Å². The smallest absolute Gasteiger partial charge is 0.0766 e. The fraction of sp³-hybridized carbons (Fsp3) is 0.667. The van der Waals surface area contributed by atoms with Crippen LogP contribution in [-0.4, -0.2) is 25.1 Å². The van der Waals surface area contributed by atoms with Crippen molar-refractivity contribution in [3.63, 3.8) is 0 Å². The lowest BCUT2D eigenvalue weighted by Gasteiger charge is -2.23. The topological polar surface area (TPSA) is 28.2 Å². The molecule has 1 aliphatic carbocycles. The SMILES string of the molecule is CC1CC(C)(C)CC1Nc1cnccc1N(C)C. The van der Waals surface area contributed by atoms with E-state index in [2.05, 4.69) is 56.1 Å². The average Bonchev–Trinajstić information content (AvgIpc) is 2.52. The van der Waals surface area contributed by atoms with E-state index in [0.717, 1.165) is 11.6 Å². The van der Waals surface area contributed by atoms with E-state index in [0.29, 0.717) is 11.5 Å². The predicted octanol–water partition coefficient (Wildman–Crippen LogP) is 3.38. The minimum Gasteiger partial charge on any atom is -0.379 e. The van der Waals surface area contributed by atoms with Gasteiger partial charge in [0.25, 0.3) is 0 Å². The first-order valence-electron chi connectivity index (χ1n) is 6.77. The van der Waals surface area contributed by atoms with Gasteiger partial charge in [-0.05, 0) is 30.2 Å². The summed E-state index contributed by atoms with van der Waals surface area (Å²) in [4.78, 5) is 6.38. The third-order valence-corrected chi connectivity index (χ3v) is 3.95. The Morgan fingerprint density at radius 1 is 1.33 bits per heavy atom. The molecule has 1 aromatic heterocycles. The van der Waals surface area contributed by atoms with Crippen LogP contribution < -0.4 is 10.2 Å². The number of nitrogens with one attached hydrogen (secondary N) is 1. The van der Waals surface area contributed by atoms with Crippen LogP contribution in [0.5, 0.6) is 0 Å². The highest BCUT2D eigenvalue weighted by molar-refractivity contribution is 5.68. The number of pyridine rings is 1. The molecular weight excluding hydrogens is 222 g/mol. The third kappa shape index (κ3) is 2.77. The van der Waals surface area contributed by atoms with Gasteiger partial charge in [-0.3, -0.25) is 4.98 Å². The van der Waals surface area contributed by atoms with E-state index in [-0.39, 0.29) is 0 Å². The standard InChI is InChI=1S/C15H25N3/c1-11-8-15(2,3)9-12(11)17-13-10-16-7-6-14(13)18(4)5/h6-7,10-12,17H,8-9H2,1-5H3. The predicted molar refractivity (Wildman–Crippen MR) is 78.2 cm³/mol. The molecule has 1 aliphatic rings. The van der Waals surface area contributed by atoms with Gasteiger partial charge in [0.05, 0.1) is 17.6 Å². The Bertz CT molecular complexity index is 412. The molecule has 1 N–H and O–H groups in total. The van der Waals surface area contributed by atoms with Crippen LogP contribution in [0.15, 0.2) is 18.5 Å². The number of nitrogens with zero attached hydrogens (tertiary/aromatic N) is 2. The molecule has 2 rings (SSSR count). The molecule has 0 aromatic carbocycles. The van der Waals surface area contributed by atoms with Gasteiger partial charge in [0.2, 0.25) is 0 Å². The first-order valence-corrected chi connectivity index (χ1v) is 6.77. The van der Waals surface area contributed by atoms with E-state index >= 15 is 0 Å². The fourth-order valence-corrected chi connectivity index (χ4v) is 3.18. The first kappa shape index (κ1) is 13.2. The Morgan fingerprint density at radius 3 is 2.61 bits per heavy atom. The second-order valence-electron chi connectivity index (χ2n) is 6.59. The van der Waals surface area contributed by atoms with E-state index in [9.17, 15) is 0 Å². The van der Waals surface area contributed by atoms with Gasteiger partial charge in [-0.15, -0.1) is 0 Å². The van der Waals surface area contributed by atoms with E-state index in [1.165, 1.54) is 18.5 Å². The summed E-state index contributed by atoms with van der Waals surface area (Å²) < 4.78 is 0. The normalized spacial score (nSPS) is 26.1. The summed E-state index contributed by atoms with van der Waals surface area (Å²) >= 11 is 0. The zero-order chi connectivity index (χ0) is 13.3. The molecule has 1 heterocycles. The molecule has 1 aromatic rings. The van der Waals surface area contributed by atoms with Crippen molar-refractivity contribution < 1.29 is 0 Å². The van der Waals surface area contributed by atoms with Crippen LogP contribution >= 0.6 is 0 Å². The zero-order valence-corrected chi connectivity index (χ0v) is 12.2. The summed E-state index contributed by atoms with van der Waals surface area (Å²) in [5, 5.41) is 3.69. The monoisotopic (exact) mass is 247 g/mol. The maximum absolute atomic E-state index is 4.24.